The van der Waals surface area contributed by atoms with Crippen LogP contribution in [0.15, 0.2) is 35.1 Å². The summed E-state index contributed by atoms with van der Waals surface area (Å²) in [5.74, 6) is 1.40. The lowest BCUT2D eigenvalue weighted by Gasteiger charge is -2.31. The molecular formula is C24H31N5O3. The number of carbonyl (C=O) groups is 1. The second kappa shape index (κ2) is 8.94. The van der Waals surface area contributed by atoms with E-state index < -0.39 is 0 Å². The molecule has 0 atom stereocenters. The Bertz CT molecular complexity index is 1040. The zero-order valence-electron chi connectivity index (χ0n) is 18.7. The molecule has 0 aliphatic carbocycles. The van der Waals surface area contributed by atoms with E-state index in [4.69, 9.17) is 4.74 Å². The number of rotatable bonds is 4. The van der Waals surface area contributed by atoms with Crippen LogP contribution in [0.2, 0.25) is 0 Å². The van der Waals surface area contributed by atoms with Gasteiger partial charge >= 0.3 is 0 Å². The third-order valence-electron chi connectivity index (χ3n) is 6.90. The molecule has 8 heteroatoms. The highest BCUT2D eigenvalue weighted by Crippen LogP contribution is 2.36. The van der Waals surface area contributed by atoms with Gasteiger partial charge in [0.1, 0.15) is 12.4 Å². The molecule has 0 N–H and O–H groups in total. The number of benzene rings is 1. The van der Waals surface area contributed by atoms with Crippen molar-refractivity contribution in [2.45, 2.75) is 32.7 Å². The average Bonchev–Trinajstić information content (AvgIpc) is 3.26. The van der Waals surface area contributed by atoms with Crippen molar-refractivity contribution in [3.05, 3.63) is 46.2 Å². The molecule has 5 rings (SSSR count). The molecule has 1 aromatic carbocycles. The lowest BCUT2D eigenvalue weighted by atomic mass is 9.99. The van der Waals surface area contributed by atoms with E-state index >= 15 is 0 Å². The van der Waals surface area contributed by atoms with Crippen molar-refractivity contribution in [2.24, 2.45) is 5.92 Å². The Morgan fingerprint density at radius 3 is 2.53 bits per heavy atom. The van der Waals surface area contributed by atoms with Crippen molar-refractivity contribution >= 4 is 23.1 Å². The Hall–Kier alpha value is -2.87. The average molecular weight is 438 g/mol. The number of hydrogen-bond donors (Lipinski definition) is 0. The van der Waals surface area contributed by atoms with Crippen LogP contribution in [0.1, 0.15) is 25.3 Å². The van der Waals surface area contributed by atoms with Crippen LogP contribution in [0.25, 0.3) is 0 Å². The van der Waals surface area contributed by atoms with Crippen molar-refractivity contribution in [1.82, 2.24) is 9.78 Å². The second-order valence-corrected chi connectivity index (χ2v) is 9.03. The SMILES string of the molecule is CC1CCN(c2ccc(=O)n(CC(=O)N3CCc4c(N5CCOCC5)cccc43)n2)CC1. The van der Waals surface area contributed by atoms with Gasteiger partial charge < -0.3 is 19.4 Å². The number of nitrogens with zero attached hydrogens (tertiary/aromatic N) is 5. The first-order chi connectivity index (χ1) is 15.6. The molecule has 0 bridgehead atoms. The van der Waals surface area contributed by atoms with Gasteiger partial charge in [-0.1, -0.05) is 13.0 Å². The van der Waals surface area contributed by atoms with Crippen molar-refractivity contribution < 1.29 is 9.53 Å². The normalized spacial score (nSPS) is 19.3. The molecule has 32 heavy (non-hydrogen) atoms. The molecule has 3 aliphatic rings. The lowest BCUT2D eigenvalue weighted by Crippen LogP contribution is -2.38. The zero-order valence-corrected chi connectivity index (χ0v) is 18.7. The monoisotopic (exact) mass is 437 g/mol. The molecule has 2 aromatic rings. The maximum Gasteiger partial charge on any atom is 0.267 e. The van der Waals surface area contributed by atoms with Gasteiger partial charge in [-0.2, -0.15) is 5.10 Å². The number of ether oxygens (including phenoxy) is 1. The van der Waals surface area contributed by atoms with Crippen molar-refractivity contribution in [3.63, 3.8) is 0 Å². The Kier molecular flexibility index (Phi) is 5.87. The minimum Gasteiger partial charge on any atom is -0.378 e. The first-order valence-electron chi connectivity index (χ1n) is 11.7. The highest BCUT2D eigenvalue weighted by molar-refractivity contribution is 5.96. The van der Waals surface area contributed by atoms with Crippen LogP contribution >= 0.6 is 0 Å². The molecule has 3 aliphatic heterocycles. The van der Waals surface area contributed by atoms with E-state index in [1.807, 2.05) is 17.0 Å². The van der Waals surface area contributed by atoms with Crippen LogP contribution in [0, 0.1) is 5.92 Å². The fourth-order valence-electron chi connectivity index (χ4n) is 4.95. The summed E-state index contributed by atoms with van der Waals surface area (Å²) >= 11 is 0. The smallest absolute Gasteiger partial charge is 0.267 e. The Morgan fingerprint density at radius 1 is 1.00 bits per heavy atom. The first kappa shape index (κ1) is 21.0. The standard InChI is InChI=1S/C24H31N5O3/c1-18-7-10-27(11-8-18)22-5-6-23(30)29(25-22)17-24(31)28-12-9-19-20(3-2-4-21(19)28)26-13-15-32-16-14-26/h2-6,18H,7-17H2,1H3. The number of carbonyl (C=O) groups excluding carboxylic acids is 1. The quantitative estimate of drug-likeness (QED) is 0.728. The lowest BCUT2D eigenvalue weighted by molar-refractivity contribution is -0.119. The van der Waals surface area contributed by atoms with Crippen LogP contribution in [0.4, 0.5) is 17.2 Å². The number of anilines is 3. The molecule has 1 amide bonds. The van der Waals surface area contributed by atoms with Gasteiger partial charge in [-0.05, 0) is 43.4 Å². The summed E-state index contributed by atoms with van der Waals surface area (Å²) in [6.45, 7) is 7.92. The van der Waals surface area contributed by atoms with Crippen LogP contribution in [0.5, 0.6) is 0 Å². The van der Waals surface area contributed by atoms with Crippen LogP contribution in [0.3, 0.4) is 0 Å². The summed E-state index contributed by atoms with van der Waals surface area (Å²) in [4.78, 5) is 32.0. The van der Waals surface area contributed by atoms with Crippen molar-refractivity contribution in [1.29, 1.82) is 0 Å². The van der Waals surface area contributed by atoms with Crippen LogP contribution in [-0.2, 0) is 22.5 Å². The maximum atomic E-state index is 13.2. The van der Waals surface area contributed by atoms with Gasteiger partial charge in [0.25, 0.3) is 5.56 Å². The van der Waals surface area contributed by atoms with E-state index in [2.05, 4.69) is 27.9 Å². The van der Waals surface area contributed by atoms with Gasteiger partial charge in [0.2, 0.25) is 5.91 Å². The predicted octanol–water partition coefficient (Wildman–Crippen LogP) is 1.91. The number of amides is 1. The van der Waals surface area contributed by atoms with Crippen molar-refractivity contribution in [3.8, 4) is 0 Å². The molecule has 2 fully saturated rings. The molecule has 4 heterocycles. The van der Waals surface area contributed by atoms with Gasteiger partial charge in [-0.25, -0.2) is 4.68 Å². The van der Waals surface area contributed by atoms with Gasteiger partial charge in [0.15, 0.2) is 0 Å². The van der Waals surface area contributed by atoms with E-state index in [1.54, 1.807) is 6.07 Å². The summed E-state index contributed by atoms with van der Waals surface area (Å²) < 4.78 is 6.81. The molecule has 0 spiro atoms. The fourth-order valence-corrected chi connectivity index (χ4v) is 4.95. The minimum atomic E-state index is -0.242. The topological polar surface area (TPSA) is 70.9 Å². The molecular weight excluding hydrogens is 406 g/mol. The van der Waals surface area contributed by atoms with Crippen molar-refractivity contribution in [2.75, 3.05) is 60.6 Å². The van der Waals surface area contributed by atoms with E-state index in [9.17, 15) is 9.59 Å². The van der Waals surface area contributed by atoms with E-state index in [0.29, 0.717) is 6.54 Å². The second-order valence-electron chi connectivity index (χ2n) is 9.03. The predicted molar refractivity (Wildman–Crippen MR) is 125 cm³/mol. The highest BCUT2D eigenvalue weighted by atomic mass is 16.5. The Labute approximate surface area is 188 Å². The summed E-state index contributed by atoms with van der Waals surface area (Å²) in [5.41, 5.74) is 3.11. The summed E-state index contributed by atoms with van der Waals surface area (Å²) in [6.07, 6.45) is 3.06. The van der Waals surface area contributed by atoms with Gasteiger partial charge in [0.05, 0.1) is 13.2 Å². The van der Waals surface area contributed by atoms with Crippen LogP contribution in [-0.4, -0.2) is 61.6 Å². The van der Waals surface area contributed by atoms with Gasteiger partial charge in [-0.15, -0.1) is 0 Å². The summed E-state index contributed by atoms with van der Waals surface area (Å²) in [6, 6.07) is 9.46. The Balaban J connectivity index is 1.34. The minimum absolute atomic E-state index is 0.0435. The molecule has 0 saturated carbocycles. The maximum absolute atomic E-state index is 13.2. The van der Waals surface area contributed by atoms with Crippen LogP contribution < -0.4 is 20.3 Å². The number of hydrogen-bond acceptors (Lipinski definition) is 6. The number of piperidine rings is 1. The third-order valence-corrected chi connectivity index (χ3v) is 6.90. The highest BCUT2D eigenvalue weighted by Gasteiger charge is 2.29. The van der Waals surface area contributed by atoms with Gasteiger partial charge in [-0.3, -0.25) is 9.59 Å². The Morgan fingerprint density at radius 2 is 1.75 bits per heavy atom. The molecule has 1 aromatic heterocycles. The fraction of sp³-hybridized carbons (Fsp3) is 0.542. The molecule has 0 radical (unpaired) electrons. The zero-order chi connectivity index (χ0) is 22.1. The number of morpholine rings is 1. The van der Waals surface area contributed by atoms with E-state index in [-0.39, 0.29) is 18.0 Å². The summed E-state index contributed by atoms with van der Waals surface area (Å²) in [7, 11) is 0. The molecule has 0 unspecified atom stereocenters. The van der Waals surface area contributed by atoms with Gasteiger partial charge in [0, 0.05) is 55.7 Å². The van der Waals surface area contributed by atoms with E-state index in [0.717, 1.165) is 76.1 Å². The number of fused-ring (bicyclic) bond motifs is 1. The molecule has 2 saturated heterocycles. The molecule has 170 valence electrons. The number of aromatic nitrogens is 2. The summed E-state index contributed by atoms with van der Waals surface area (Å²) in [5, 5.41) is 4.54. The largest absolute Gasteiger partial charge is 0.378 e. The molecule has 8 nitrogen and oxygen atoms in total. The first-order valence-corrected chi connectivity index (χ1v) is 11.7. The third kappa shape index (κ3) is 4.11. The van der Waals surface area contributed by atoms with E-state index in [1.165, 1.54) is 22.0 Å².